The van der Waals surface area contributed by atoms with E-state index in [1.165, 1.54) is 11.3 Å². The summed E-state index contributed by atoms with van der Waals surface area (Å²) in [5.74, 6) is 0.0518. The van der Waals surface area contributed by atoms with E-state index in [0.717, 1.165) is 12.8 Å². The van der Waals surface area contributed by atoms with Crippen LogP contribution in [0, 0.1) is 5.92 Å². The van der Waals surface area contributed by atoms with E-state index in [0.29, 0.717) is 24.6 Å². The van der Waals surface area contributed by atoms with Crippen LogP contribution in [0.2, 0.25) is 0 Å². The Balaban J connectivity index is 1.57. The van der Waals surface area contributed by atoms with Gasteiger partial charge in [-0.25, -0.2) is 0 Å². The van der Waals surface area contributed by atoms with Crippen molar-refractivity contribution in [2.45, 2.75) is 25.4 Å². The minimum absolute atomic E-state index is 0.148. The number of nitrogens with one attached hydrogen (secondary N) is 2. The molecule has 1 aliphatic rings. The molecule has 0 spiro atoms. The van der Waals surface area contributed by atoms with Crippen LogP contribution < -0.4 is 10.6 Å². The van der Waals surface area contributed by atoms with Crippen molar-refractivity contribution in [3.8, 4) is 0 Å². The van der Waals surface area contributed by atoms with Crippen molar-refractivity contribution >= 4 is 23.2 Å². The summed E-state index contributed by atoms with van der Waals surface area (Å²) in [4.78, 5) is 23.1. The van der Waals surface area contributed by atoms with E-state index in [1.807, 2.05) is 5.38 Å². The van der Waals surface area contributed by atoms with E-state index in [2.05, 4.69) is 10.6 Å². The first-order valence-corrected chi connectivity index (χ1v) is 7.36. The maximum Gasteiger partial charge on any atom is 0.252 e. The van der Waals surface area contributed by atoms with E-state index >= 15 is 0 Å². The lowest BCUT2D eigenvalue weighted by Gasteiger charge is -2.10. The topological polar surface area (TPSA) is 78.4 Å². The van der Waals surface area contributed by atoms with E-state index in [1.54, 1.807) is 11.4 Å². The lowest BCUT2D eigenvalue weighted by Crippen LogP contribution is -2.35. The second-order valence-electron chi connectivity index (χ2n) is 4.73. The van der Waals surface area contributed by atoms with Gasteiger partial charge in [0.15, 0.2) is 0 Å². The highest BCUT2D eigenvalue weighted by molar-refractivity contribution is 7.08. The Bertz CT molecular complexity index is 429. The third-order valence-corrected chi connectivity index (χ3v) is 3.78. The Morgan fingerprint density at radius 2 is 2.21 bits per heavy atom. The highest BCUT2D eigenvalue weighted by atomic mass is 32.1. The van der Waals surface area contributed by atoms with Gasteiger partial charge in [0.2, 0.25) is 5.91 Å². The Labute approximate surface area is 116 Å². The average Bonchev–Trinajstić information content (AvgIpc) is 3.10. The highest BCUT2D eigenvalue weighted by Gasteiger charge is 2.29. The van der Waals surface area contributed by atoms with Crippen molar-refractivity contribution in [2.24, 2.45) is 5.92 Å². The number of rotatable bonds is 7. The van der Waals surface area contributed by atoms with Crippen LogP contribution in [-0.4, -0.2) is 36.1 Å². The normalized spacial score (nSPS) is 15.8. The first-order chi connectivity index (χ1) is 9.16. The lowest BCUT2D eigenvalue weighted by atomic mass is 10.2. The van der Waals surface area contributed by atoms with Crippen molar-refractivity contribution < 1.29 is 14.7 Å². The molecule has 0 saturated heterocycles. The van der Waals surface area contributed by atoms with Crippen LogP contribution in [0.1, 0.15) is 29.6 Å². The summed E-state index contributed by atoms with van der Waals surface area (Å²) in [6, 6.07) is 1.74. The number of thiophene rings is 1. The van der Waals surface area contributed by atoms with Crippen LogP contribution in [0.4, 0.5) is 0 Å². The molecule has 1 aromatic rings. The van der Waals surface area contributed by atoms with Crippen LogP contribution in [-0.2, 0) is 4.79 Å². The monoisotopic (exact) mass is 282 g/mol. The van der Waals surface area contributed by atoms with Crippen molar-refractivity contribution in [3.05, 3.63) is 22.4 Å². The standard InChI is InChI=1S/C13H18N2O3S/c16-11(9-1-2-9)7-15-12(17)3-5-14-13(18)10-4-6-19-8-10/h4,6,8-9,11,16H,1-3,5,7H2,(H,14,18)(H,15,17). The summed E-state index contributed by atoms with van der Waals surface area (Å²) in [6.45, 7) is 0.613. The van der Waals surface area contributed by atoms with Gasteiger partial charge in [-0.05, 0) is 30.2 Å². The van der Waals surface area contributed by atoms with Crippen molar-refractivity contribution in [1.29, 1.82) is 0 Å². The number of carbonyl (C=O) groups excluding carboxylic acids is 2. The molecule has 0 aromatic carbocycles. The van der Waals surface area contributed by atoms with E-state index in [-0.39, 0.29) is 18.2 Å². The molecule has 1 aromatic heterocycles. The first-order valence-electron chi connectivity index (χ1n) is 6.42. The number of carbonyl (C=O) groups is 2. The number of aliphatic hydroxyl groups excluding tert-OH is 1. The van der Waals surface area contributed by atoms with Gasteiger partial charge in [-0.2, -0.15) is 11.3 Å². The molecule has 6 heteroatoms. The molecule has 104 valence electrons. The number of amides is 2. The van der Waals surface area contributed by atoms with Gasteiger partial charge < -0.3 is 15.7 Å². The van der Waals surface area contributed by atoms with Crippen LogP contribution >= 0.6 is 11.3 Å². The van der Waals surface area contributed by atoms with Gasteiger partial charge in [0, 0.05) is 30.5 Å². The minimum Gasteiger partial charge on any atom is -0.391 e. The molecule has 0 aliphatic heterocycles. The molecule has 5 nitrogen and oxygen atoms in total. The molecule has 2 rings (SSSR count). The predicted octanol–water partition coefficient (Wildman–Crippen LogP) is 0.755. The van der Waals surface area contributed by atoms with Gasteiger partial charge in [-0.15, -0.1) is 0 Å². The SMILES string of the molecule is O=C(CCNC(=O)c1ccsc1)NCC(O)C1CC1. The van der Waals surface area contributed by atoms with Crippen molar-refractivity contribution in [1.82, 2.24) is 10.6 Å². The van der Waals surface area contributed by atoms with Gasteiger partial charge in [-0.1, -0.05) is 0 Å². The van der Waals surface area contributed by atoms with Crippen molar-refractivity contribution in [3.63, 3.8) is 0 Å². The molecular formula is C13H18N2O3S. The quantitative estimate of drug-likeness (QED) is 0.690. The molecule has 0 bridgehead atoms. The third-order valence-electron chi connectivity index (χ3n) is 3.10. The van der Waals surface area contributed by atoms with Gasteiger partial charge in [-0.3, -0.25) is 9.59 Å². The number of hydrogen-bond acceptors (Lipinski definition) is 4. The zero-order chi connectivity index (χ0) is 13.7. The summed E-state index contributed by atoms with van der Waals surface area (Å²) in [5.41, 5.74) is 0.620. The molecule has 0 radical (unpaired) electrons. The Kier molecular flexibility index (Phi) is 4.93. The summed E-state index contributed by atoms with van der Waals surface area (Å²) >= 11 is 1.46. The molecule has 1 unspecified atom stereocenters. The van der Waals surface area contributed by atoms with Gasteiger partial charge in [0.1, 0.15) is 0 Å². The number of aliphatic hydroxyl groups is 1. The van der Waals surface area contributed by atoms with Crippen LogP contribution in [0.3, 0.4) is 0 Å². The van der Waals surface area contributed by atoms with Crippen LogP contribution in [0.5, 0.6) is 0 Å². The minimum atomic E-state index is -0.427. The smallest absolute Gasteiger partial charge is 0.252 e. The average molecular weight is 282 g/mol. The van der Waals surface area contributed by atoms with Gasteiger partial charge in [0.25, 0.3) is 5.91 Å². The molecule has 2 amide bonds. The Morgan fingerprint density at radius 3 is 2.84 bits per heavy atom. The summed E-state index contributed by atoms with van der Waals surface area (Å²) in [6.07, 6.45) is 1.90. The van der Waals surface area contributed by atoms with Gasteiger partial charge >= 0.3 is 0 Å². The molecule has 1 aliphatic carbocycles. The fraction of sp³-hybridized carbons (Fsp3) is 0.538. The van der Waals surface area contributed by atoms with Gasteiger partial charge in [0.05, 0.1) is 6.10 Å². The van der Waals surface area contributed by atoms with E-state index in [9.17, 15) is 14.7 Å². The fourth-order valence-corrected chi connectivity index (χ4v) is 2.38. The van der Waals surface area contributed by atoms with Crippen LogP contribution in [0.15, 0.2) is 16.8 Å². The highest BCUT2D eigenvalue weighted by Crippen LogP contribution is 2.32. The van der Waals surface area contributed by atoms with Crippen molar-refractivity contribution in [2.75, 3.05) is 13.1 Å². The second-order valence-corrected chi connectivity index (χ2v) is 5.51. The molecular weight excluding hydrogens is 264 g/mol. The number of hydrogen-bond donors (Lipinski definition) is 3. The maximum absolute atomic E-state index is 11.6. The zero-order valence-electron chi connectivity index (χ0n) is 10.6. The van der Waals surface area contributed by atoms with E-state index < -0.39 is 6.10 Å². The second kappa shape index (κ2) is 6.68. The molecule has 1 atom stereocenters. The third kappa shape index (κ3) is 4.65. The molecule has 1 saturated carbocycles. The Hall–Kier alpha value is -1.40. The fourth-order valence-electron chi connectivity index (χ4n) is 1.74. The largest absolute Gasteiger partial charge is 0.391 e. The summed E-state index contributed by atoms with van der Waals surface area (Å²) < 4.78 is 0. The first kappa shape index (κ1) is 14.0. The van der Waals surface area contributed by atoms with Crippen LogP contribution in [0.25, 0.3) is 0 Å². The lowest BCUT2D eigenvalue weighted by molar-refractivity contribution is -0.121. The Morgan fingerprint density at radius 1 is 1.42 bits per heavy atom. The predicted molar refractivity (Wildman–Crippen MR) is 73.0 cm³/mol. The summed E-state index contributed by atoms with van der Waals surface area (Å²) in [7, 11) is 0. The van der Waals surface area contributed by atoms with E-state index in [4.69, 9.17) is 0 Å². The zero-order valence-corrected chi connectivity index (χ0v) is 11.4. The maximum atomic E-state index is 11.6. The molecule has 1 heterocycles. The molecule has 19 heavy (non-hydrogen) atoms. The molecule has 1 fully saturated rings. The summed E-state index contributed by atoms with van der Waals surface area (Å²) in [5, 5.41) is 18.5. The molecule has 3 N–H and O–H groups in total.